The van der Waals surface area contributed by atoms with Gasteiger partial charge < -0.3 is 9.30 Å². The monoisotopic (exact) mass is 569 g/mol. The fourth-order valence-corrected chi connectivity index (χ4v) is 4.35. The van der Waals surface area contributed by atoms with Gasteiger partial charge in [0, 0.05) is 23.6 Å². The molecule has 0 bridgehead atoms. The molecule has 1 aromatic carbocycles. The Morgan fingerprint density at radius 3 is 1.97 bits per heavy atom. The van der Waals surface area contributed by atoms with Crippen LogP contribution < -0.4 is 10.2 Å². The minimum atomic E-state index is -0.0299. The molecule has 5 heteroatoms. The smallest absolute Gasteiger partial charge is 0.223 e. The molecule has 2 aromatic rings. The van der Waals surface area contributed by atoms with Crippen molar-refractivity contribution in [2.75, 3.05) is 6.61 Å². The summed E-state index contributed by atoms with van der Waals surface area (Å²) in [6.45, 7) is 3.62. The minimum Gasteiger partial charge on any atom is -0.488 e. The number of ether oxygens (including phenoxy) is 1. The lowest BCUT2D eigenvalue weighted by Gasteiger charge is -2.14. The van der Waals surface area contributed by atoms with Gasteiger partial charge in [0.2, 0.25) is 5.43 Å². The Morgan fingerprint density at radius 1 is 0.844 bits per heavy atom. The van der Waals surface area contributed by atoms with Crippen molar-refractivity contribution in [1.29, 1.82) is 0 Å². The second-order valence-corrected chi connectivity index (χ2v) is 9.04. The molecular formula is C27H41Br2NO2. The SMILES string of the molecule is Br.CCCCCCCCCCCCCCOc1cn(Cc2ccccc2)c(CBr)cc1=O. The predicted octanol–water partition coefficient (Wildman–Crippen LogP) is 8.45. The molecule has 0 saturated carbocycles. The van der Waals surface area contributed by atoms with Crippen LogP contribution in [0.15, 0.2) is 47.4 Å². The third-order valence-electron chi connectivity index (χ3n) is 5.77. The number of nitrogens with zero attached hydrogens (tertiary/aromatic N) is 1. The minimum absolute atomic E-state index is 0. The number of hydrogen-bond donors (Lipinski definition) is 0. The average Bonchev–Trinajstić information content (AvgIpc) is 2.79. The van der Waals surface area contributed by atoms with Crippen LogP contribution in [0.1, 0.15) is 95.2 Å². The first-order valence-electron chi connectivity index (χ1n) is 12.2. The number of halogens is 2. The van der Waals surface area contributed by atoms with E-state index < -0.39 is 0 Å². The number of rotatable bonds is 17. The van der Waals surface area contributed by atoms with E-state index in [1.807, 2.05) is 24.4 Å². The van der Waals surface area contributed by atoms with Gasteiger partial charge in [0.25, 0.3) is 0 Å². The first-order valence-corrected chi connectivity index (χ1v) is 13.3. The molecule has 0 aliphatic heterocycles. The lowest BCUT2D eigenvalue weighted by Crippen LogP contribution is -2.16. The molecule has 3 nitrogen and oxygen atoms in total. The Morgan fingerprint density at radius 2 is 1.41 bits per heavy atom. The second kappa shape index (κ2) is 18.4. The maximum Gasteiger partial charge on any atom is 0.223 e. The average molecular weight is 571 g/mol. The van der Waals surface area contributed by atoms with Crippen molar-refractivity contribution < 1.29 is 4.74 Å². The van der Waals surface area contributed by atoms with Crippen molar-refractivity contribution in [3.63, 3.8) is 0 Å². The zero-order valence-electron chi connectivity index (χ0n) is 19.7. The molecule has 0 atom stereocenters. The maximum atomic E-state index is 12.4. The van der Waals surface area contributed by atoms with Crippen LogP contribution in [0.4, 0.5) is 0 Å². The molecule has 0 amide bonds. The molecule has 0 aliphatic rings. The van der Waals surface area contributed by atoms with E-state index in [2.05, 4.69) is 39.6 Å². The van der Waals surface area contributed by atoms with E-state index in [1.165, 1.54) is 76.2 Å². The van der Waals surface area contributed by atoms with Crippen molar-refractivity contribution >= 4 is 32.9 Å². The summed E-state index contributed by atoms with van der Waals surface area (Å²) in [6, 6.07) is 12.0. The zero-order valence-corrected chi connectivity index (χ0v) is 23.0. The molecule has 2 rings (SSSR count). The Kier molecular flexibility index (Phi) is 16.6. The zero-order chi connectivity index (χ0) is 22.2. The number of alkyl halides is 1. The summed E-state index contributed by atoms with van der Waals surface area (Å²) in [5.74, 6) is 0.462. The lowest BCUT2D eigenvalue weighted by atomic mass is 10.1. The Labute approximate surface area is 213 Å². The van der Waals surface area contributed by atoms with E-state index in [1.54, 1.807) is 6.07 Å². The molecule has 1 heterocycles. The summed E-state index contributed by atoms with van der Waals surface area (Å²) >= 11 is 3.50. The fraction of sp³-hybridized carbons (Fsp3) is 0.593. The molecule has 0 saturated heterocycles. The Bertz CT molecular complexity index is 777. The predicted molar refractivity (Wildman–Crippen MR) is 146 cm³/mol. The topological polar surface area (TPSA) is 31.2 Å². The van der Waals surface area contributed by atoms with Crippen LogP contribution >= 0.6 is 32.9 Å². The van der Waals surface area contributed by atoms with Gasteiger partial charge in [0.05, 0.1) is 12.8 Å². The van der Waals surface area contributed by atoms with Crippen molar-refractivity contribution in [3.8, 4) is 5.75 Å². The Hall–Kier alpha value is -1.07. The number of benzene rings is 1. The molecule has 1 aromatic heterocycles. The largest absolute Gasteiger partial charge is 0.488 e. The second-order valence-electron chi connectivity index (χ2n) is 8.48. The van der Waals surface area contributed by atoms with E-state index in [4.69, 9.17) is 4.74 Å². The van der Waals surface area contributed by atoms with Gasteiger partial charge in [-0.05, 0) is 12.0 Å². The van der Waals surface area contributed by atoms with Gasteiger partial charge in [0.15, 0.2) is 5.75 Å². The highest BCUT2D eigenvalue weighted by Gasteiger charge is 2.08. The van der Waals surface area contributed by atoms with Crippen LogP contribution in [0.3, 0.4) is 0 Å². The highest BCUT2D eigenvalue weighted by Crippen LogP contribution is 2.15. The normalized spacial score (nSPS) is 10.7. The molecular weight excluding hydrogens is 530 g/mol. The van der Waals surface area contributed by atoms with Crippen molar-refractivity contribution in [3.05, 3.63) is 64.1 Å². The van der Waals surface area contributed by atoms with Gasteiger partial charge in [-0.1, -0.05) is 124 Å². The van der Waals surface area contributed by atoms with Crippen molar-refractivity contribution in [1.82, 2.24) is 4.57 Å². The molecule has 180 valence electrons. The number of pyridine rings is 1. The quantitative estimate of drug-likeness (QED) is 0.141. The summed E-state index contributed by atoms with van der Waals surface area (Å²) < 4.78 is 7.96. The molecule has 0 fully saturated rings. The highest BCUT2D eigenvalue weighted by molar-refractivity contribution is 9.08. The summed E-state index contributed by atoms with van der Waals surface area (Å²) in [5, 5.41) is 0.647. The van der Waals surface area contributed by atoms with Crippen molar-refractivity contribution in [2.24, 2.45) is 0 Å². The van der Waals surface area contributed by atoms with E-state index >= 15 is 0 Å². The third-order valence-corrected chi connectivity index (χ3v) is 6.35. The van der Waals surface area contributed by atoms with E-state index in [0.29, 0.717) is 17.7 Å². The van der Waals surface area contributed by atoms with Crippen LogP contribution in [0, 0.1) is 0 Å². The molecule has 32 heavy (non-hydrogen) atoms. The first kappa shape index (κ1) is 29.0. The number of aromatic nitrogens is 1. The van der Waals surface area contributed by atoms with Crippen LogP contribution in [0.25, 0.3) is 0 Å². The van der Waals surface area contributed by atoms with Crippen molar-refractivity contribution in [2.45, 2.75) is 95.8 Å². The van der Waals surface area contributed by atoms with E-state index in [9.17, 15) is 4.79 Å². The highest BCUT2D eigenvalue weighted by atomic mass is 79.9. The molecule has 0 spiro atoms. The first-order chi connectivity index (χ1) is 15.2. The van der Waals surface area contributed by atoms with Gasteiger partial charge in [0.1, 0.15) is 0 Å². The number of hydrogen-bond acceptors (Lipinski definition) is 2. The summed E-state index contributed by atoms with van der Waals surface area (Å²) in [6.07, 6.45) is 17.7. The van der Waals surface area contributed by atoms with Crippen LogP contribution in [0.2, 0.25) is 0 Å². The molecule has 0 N–H and O–H groups in total. The Balaban J connectivity index is 0.00000512. The summed E-state index contributed by atoms with van der Waals surface area (Å²) in [5.41, 5.74) is 2.14. The van der Waals surface area contributed by atoms with Gasteiger partial charge in [-0.15, -0.1) is 17.0 Å². The summed E-state index contributed by atoms with van der Waals surface area (Å²) in [7, 11) is 0. The van der Waals surface area contributed by atoms with Crippen LogP contribution in [-0.4, -0.2) is 11.2 Å². The van der Waals surface area contributed by atoms with Crippen LogP contribution in [-0.2, 0) is 11.9 Å². The third kappa shape index (κ3) is 11.7. The van der Waals surface area contributed by atoms with Crippen LogP contribution in [0.5, 0.6) is 5.75 Å². The lowest BCUT2D eigenvalue weighted by molar-refractivity contribution is 0.298. The molecule has 0 aliphatic carbocycles. The van der Waals surface area contributed by atoms with E-state index in [-0.39, 0.29) is 22.4 Å². The van der Waals surface area contributed by atoms with Gasteiger partial charge >= 0.3 is 0 Å². The van der Waals surface area contributed by atoms with E-state index in [0.717, 1.165) is 18.7 Å². The standard InChI is InChI=1S/C27H40BrNO2.BrH/c1-2-3-4-5-6-7-8-9-10-11-12-16-19-31-27-23-29(25(21-28)20-26(27)30)22-24-17-14-13-15-18-24;/h13-15,17-18,20,23H,2-12,16,19,21-22H2,1H3;1H. The molecule has 0 unspecified atom stereocenters. The maximum absolute atomic E-state index is 12.4. The number of unbranched alkanes of at least 4 members (excludes halogenated alkanes) is 11. The molecule has 0 radical (unpaired) electrons. The van der Waals surface area contributed by atoms with Gasteiger partial charge in [-0.2, -0.15) is 0 Å². The van der Waals surface area contributed by atoms with Gasteiger partial charge in [-0.3, -0.25) is 4.79 Å². The van der Waals surface area contributed by atoms with Gasteiger partial charge in [-0.25, -0.2) is 0 Å². The fourth-order valence-electron chi connectivity index (χ4n) is 3.87. The summed E-state index contributed by atoms with van der Waals surface area (Å²) in [4.78, 5) is 12.4.